The first-order valence-corrected chi connectivity index (χ1v) is 9.15. The lowest BCUT2D eigenvalue weighted by Crippen LogP contribution is -2.38. The van der Waals surface area contributed by atoms with Crippen LogP contribution < -0.4 is 10.6 Å². The summed E-state index contributed by atoms with van der Waals surface area (Å²) in [6.45, 7) is 7.52. The van der Waals surface area contributed by atoms with Gasteiger partial charge in [-0.1, -0.05) is 29.8 Å². The Morgan fingerprint density at radius 1 is 1.17 bits per heavy atom. The molecule has 0 unspecified atom stereocenters. The molecule has 0 saturated carbocycles. The summed E-state index contributed by atoms with van der Waals surface area (Å²) in [5, 5.41) is 7.48. The second-order valence-electron chi connectivity index (χ2n) is 6.30. The quantitative estimate of drug-likeness (QED) is 0.467. The minimum atomic E-state index is 0.678. The molecule has 6 heteroatoms. The molecule has 0 spiro atoms. The fourth-order valence-corrected chi connectivity index (χ4v) is 3.08. The van der Waals surface area contributed by atoms with Crippen molar-refractivity contribution < 1.29 is 0 Å². The highest BCUT2D eigenvalue weighted by molar-refractivity contribution is 6.31. The fourth-order valence-electron chi connectivity index (χ4n) is 2.87. The standard InChI is InChI=1S/C18H30ClN5/c1-20-18(22-15-16-7-3-4-8-17(16)19)21-9-5-11-24-12-6-10-23(2)13-14-24/h3-4,7-8H,5-6,9-15H2,1-2H3,(H2,20,21,22). The number of nitrogens with zero attached hydrogens (tertiary/aromatic N) is 3. The summed E-state index contributed by atoms with van der Waals surface area (Å²) in [6, 6.07) is 7.88. The van der Waals surface area contributed by atoms with Crippen LogP contribution in [0.2, 0.25) is 5.02 Å². The van der Waals surface area contributed by atoms with E-state index in [0.717, 1.165) is 36.1 Å². The molecular formula is C18H30ClN5. The maximum atomic E-state index is 6.18. The van der Waals surface area contributed by atoms with Gasteiger partial charge in [-0.15, -0.1) is 0 Å². The number of halogens is 1. The zero-order valence-electron chi connectivity index (χ0n) is 14.9. The minimum absolute atomic E-state index is 0.678. The van der Waals surface area contributed by atoms with Crippen LogP contribution in [0.4, 0.5) is 0 Å². The van der Waals surface area contributed by atoms with Gasteiger partial charge in [0.1, 0.15) is 0 Å². The van der Waals surface area contributed by atoms with Crippen LogP contribution in [-0.2, 0) is 6.54 Å². The van der Waals surface area contributed by atoms with E-state index in [1.807, 2.05) is 24.3 Å². The first-order valence-electron chi connectivity index (χ1n) is 8.78. The van der Waals surface area contributed by atoms with Crippen molar-refractivity contribution in [3.05, 3.63) is 34.9 Å². The van der Waals surface area contributed by atoms with E-state index < -0.39 is 0 Å². The zero-order valence-corrected chi connectivity index (χ0v) is 15.6. The molecule has 2 rings (SSSR count). The molecule has 5 nitrogen and oxygen atoms in total. The fraction of sp³-hybridized carbons (Fsp3) is 0.611. The zero-order chi connectivity index (χ0) is 17.2. The molecule has 1 heterocycles. The van der Waals surface area contributed by atoms with Gasteiger partial charge in [-0.25, -0.2) is 0 Å². The van der Waals surface area contributed by atoms with Gasteiger partial charge in [-0.05, 0) is 51.2 Å². The maximum absolute atomic E-state index is 6.18. The Morgan fingerprint density at radius 3 is 2.79 bits per heavy atom. The molecule has 0 amide bonds. The van der Waals surface area contributed by atoms with E-state index >= 15 is 0 Å². The Morgan fingerprint density at radius 2 is 2.00 bits per heavy atom. The number of aliphatic imine (C=N–C) groups is 1. The summed E-state index contributed by atoms with van der Waals surface area (Å²) in [4.78, 5) is 9.25. The van der Waals surface area contributed by atoms with Crippen LogP contribution in [0.3, 0.4) is 0 Å². The third-order valence-corrected chi connectivity index (χ3v) is 4.75. The lowest BCUT2D eigenvalue weighted by atomic mass is 10.2. The number of likely N-dealkylation sites (N-methyl/N-ethyl adjacent to an activating group) is 1. The molecule has 0 radical (unpaired) electrons. The van der Waals surface area contributed by atoms with Gasteiger partial charge in [0.25, 0.3) is 0 Å². The van der Waals surface area contributed by atoms with E-state index in [2.05, 4.69) is 32.5 Å². The molecule has 1 fully saturated rings. The molecule has 1 aliphatic heterocycles. The molecule has 0 bridgehead atoms. The van der Waals surface area contributed by atoms with Crippen LogP contribution >= 0.6 is 11.6 Å². The number of nitrogens with one attached hydrogen (secondary N) is 2. The Balaban J connectivity index is 1.64. The van der Waals surface area contributed by atoms with E-state index in [-0.39, 0.29) is 0 Å². The van der Waals surface area contributed by atoms with E-state index in [1.165, 1.54) is 32.6 Å². The SMILES string of the molecule is CN=C(NCCCN1CCCN(C)CC1)NCc1ccccc1Cl. The molecule has 2 N–H and O–H groups in total. The second kappa shape index (κ2) is 10.5. The van der Waals surface area contributed by atoms with Crippen molar-refractivity contribution in [3.63, 3.8) is 0 Å². The highest BCUT2D eigenvalue weighted by Crippen LogP contribution is 2.14. The Labute approximate surface area is 151 Å². The van der Waals surface area contributed by atoms with Gasteiger partial charge in [0.2, 0.25) is 0 Å². The van der Waals surface area contributed by atoms with Crippen molar-refractivity contribution >= 4 is 17.6 Å². The molecule has 134 valence electrons. The second-order valence-corrected chi connectivity index (χ2v) is 6.70. The highest BCUT2D eigenvalue weighted by Gasteiger charge is 2.11. The maximum Gasteiger partial charge on any atom is 0.191 e. The molecule has 0 aliphatic carbocycles. The average Bonchev–Trinajstić information content (AvgIpc) is 2.80. The van der Waals surface area contributed by atoms with Crippen LogP contribution in [0.15, 0.2) is 29.3 Å². The van der Waals surface area contributed by atoms with Gasteiger partial charge in [-0.2, -0.15) is 0 Å². The van der Waals surface area contributed by atoms with Crippen LogP contribution in [0.5, 0.6) is 0 Å². The summed E-state index contributed by atoms with van der Waals surface area (Å²) in [5.74, 6) is 0.825. The first kappa shape index (κ1) is 19.0. The highest BCUT2D eigenvalue weighted by atomic mass is 35.5. The van der Waals surface area contributed by atoms with Crippen molar-refractivity contribution in [1.82, 2.24) is 20.4 Å². The van der Waals surface area contributed by atoms with Gasteiger partial charge in [0, 0.05) is 38.2 Å². The summed E-state index contributed by atoms with van der Waals surface area (Å²) in [7, 11) is 4.01. The Kier molecular flexibility index (Phi) is 8.36. The van der Waals surface area contributed by atoms with E-state index in [9.17, 15) is 0 Å². The summed E-state index contributed by atoms with van der Waals surface area (Å²) < 4.78 is 0. The van der Waals surface area contributed by atoms with Gasteiger partial charge < -0.3 is 20.4 Å². The normalized spacial score (nSPS) is 17.5. The molecule has 1 aromatic rings. The summed E-state index contributed by atoms with van der Waals surface area (Å²) in [5.41, 5.74) is 1.08. The third-order valence-electron chi connectivity index (χ3n) is 4.38. The van der Waals surface area contributed by atoms with Crippen molar-refractivity contribution in [2.75, 3.05) is 53.4 Å². The lowest BCUT2D eigenvalue weighted by Gasteiger charge is -2.20. The van der Waals surface area contributed by atoms with Crippen LogP contribution in [0.25, 0.3) is 0 Å². The molecule has 1 saturated heterocycles. The van der Waals surface area contributed by atoms with E-state index in [0.29, 0.717) is 6.54 Å². The number of guanidine groups is 1. The monoisotopic (exact) mass is 351 g/mol. The smallest absolute Gasteiger partial charge is 0.191 e. The molecule has 0 aromatic heterocycles. The van der Waals surface area contributed by atoms with Crippen molar-refractivity contribution in [2.24, 2.45) is 4.99 Å². The largest absolute Gasteiger partial charge is 0.356 e. The van der Waals surface area contributed by atoms with Crippen LogP contribution in [0, 0.1) is 0 Å². The van der Waals surface area contributed by atoms with Gasteiger partial charge in [0.05, 0.1) is 0 Å². The van der Waals surface area contributed by atoms with Gasteiger partial charge >= 0.3 is 0 Å². The molecule has 24 heavy (non-hydrogen) atoms. The number of rotatable bonds is 6. The van der Waals surface area contributed by atoms with E-state index in [1.54, 1.807) is 7.05 Å². The predicted molar refractivity (Wildman–Crippen MR) is 103 cm³/mol. The van der Waals surface area contributed by atoms with Crippen LogP contribution in [-0.4, -0.2) is 69.1 Å². The topological polar surface area (TPSA) is 42.9 Å². The van der Waals surface area contributed by atoms with Crippen molar-refractivity contribution in [1.29, 1.82) is 0 Å². The van der Waals surface area contributed by atoms with Crippen LogP contribution in [0.1, 0.15) is 18.4 Å². The predicted octanol–water partition coefficient (Wildman–Crippen LogP) is 2.03. The minimum Gasteiger partial charge on any atom is -0.356 e. The third kappa shape index (κ3) is 6.67. The van der Waals surface area contributed by atoms with Crippen molar-refractivity contribution in [2.45, 2.75) is 19.4 Å². The Hall–Kier alpha value is -1.30. The molecule has 1 aromatic carbocycles. The van der Waals surface area contributed by atoms with Gasteiger partial charge in [0.15, 0.2) is 5.96 Å². The van der Waals surface area contributed by atoms with Crippen molar-refractivity contribution in [3.8, 4) is 0 Å². The van der Waals surface area contributed by atoms with Gasteiger partial charge in [-0.3, -0.25) is 4.99 Å². The molecule has 0 atom stereocenters. The number of hydrogen-bond donors (Lipinski definition) is 2. The Bertz CT molecular complexity index is 520. The van der Waals surface area contributed by atoms with E-state index in [4.69, 9.17) is 11.6 Å². The lowest BCUT2D eigenvalue weighted by molar-refractivity contribution is 0.274. The first-order chi connectivity index (χ1) is 11.7. The summed E-state index contributed by atoms with van der Waals surface area (Å²) >= 11 is 6.18. The number of hydrogen-bond acceptors (Lipinski definition) is 3. The molecular weight excluding hydrogens is 322 g/mol. The molecule has 1 aliphatic rings. The summed E-state index contributed by atoms with van der Waals surface area (Å²) in [6.07, 6.45) is 2.39. The average molecular weight is 352 g/mol. The number of benzene rings is 1.